The second kappa shape index (κ2) is 4.88. The molecule has 92 valence electrons. The van der Waals surface area contributed by atoms with Crippen LogP contribution in [0.5, 0.6) is 0 Å². The third kappa shape index (κ3) is 2.67. The summed E-state index contributed by atoms with van der Waals surface area (Å²) in [6, 6.07) is 7.92. The lowest BCUT2D eigenvalue weighted by atomic mass is 10.1. The highest BCUT2D eigenvalue weighted by atomic mass is 16.2. The molecule has 0 spiro atoms. The van der Waals surface area contributed by atoms with E-state index in [0.29, 0.717) is 18.5 Å². The normalized spacial score (nSPS) is 16.6. The molecule has 1 fully saturated rings. The third-order valence-electron chi connectivity index (χ3n) is 3.65. The molecule has 0 radical (unpaired) electrons. The number of carbonyl (C=O) groups excluding carboxylic acids is 1. The molecule has 0 saturated heterocycles. The quantitative estimate of drug-likeness (QED) is 0.863. The van der Waals surface area contributed by atoms with E-state index in [4.69, 9.17) is 5.73 Å². The zero-order chi connectivity index (χ0) is 12.4. The van der Waals surface area contributed by atoms with Crippen LogP contribution in [-0.4, -0.2) is 23.9 Å². The van der Waals surface area contributed by atoms with E-state index < -0.39 is 0 Å². The van der Waals surface area contributed by atoms with Crippen molar-refractivity contribution in [2.24, 2.45) is 11.7 Å². The molecule has 1 aromatic carbocycles. The first-order valence-corrected chi connectivity index (χ1v) is 6.19. The number of hydrogen-bond acceptors (Lipinski definition) is 2. The Morgan fingerprint density at radius 1 is 1.53 bits per heavy atom. The molecule has 2 N–H and O–H groups in total. The molecule has 1 amide bonds. The summed E-state index contributed by atoms with van der Waals surface area (Å²) in [5, 5.41) is 0. The fraction of sp³-hybridized carbons (Fsp3) is 0.500. The Labute approximate surface area is 103 Å². The van der Waals surface area contributed by atoms with Gasteiger partial charge in [0, 0.05) is 25.2 Å². The highest BCUT2D eigenvalue weighted by Gasteiger charge is 2.32. The van der Waals surface area contributed by atoms with Gasteiger partial charge in [-0.05, 0) is 43.4 Å². The Bertz CT molecular complexity index is 412. The van der Waals surface area contributed by atoms with Crippen molar-refractivity contribution in [3.8, 4) is 0 Å². The first-order chi connectivity index (χ1) is 8.13. The van der Waals surface area contributed by atoms with Crippen molar-refractivity contribution < 1.29 is 4.79 Å². The minimum atomic E-state index is 0.0969. The second-order valence-corrected chi connectivity index (χ2v) is 4.90. The van der Waals surface area contributed by atoms with Crippen LogP contribution < -0.4 is 5.73 Å². The van der Waals surface area contributed by atoms with Gasteiger partial charge in [0.05, 0.1) is 0 Å². The van der Waals surface area contributed by atoms with Gasteiger partial charge < -0.3 is 10.6 Å². The van der Waals surface area contributed by atoms with Gasteiger partial charge in [-0.2, -0.15) is 0 Å². The van der Waals surface area contributed by atoms with Crippen molar-refractivity contribution >= 4 is 5.91 Å². The van der Waals surface area contributed by atoms with E-state index in [-0.39, 0.29) is 5.91 Å². The summed E-state index contributed by atoms with van der Waals surface area (Å²) >= 11 is 0. The van der Waals surface area contributed by atoms with Crippen molar-refractivity contribution in [2.45, 2.75) is 32.4 Å². The number of rotatable bonds is 4. The zero-order valence-corrected chi connectivity index (χ0v) is 10.5. The molecule has 2 rings (SSSR count). The van der Waals surface area contributed by atoms with Crippen LogP contribution >= 0.6 is 0 Å². The molecular formula is C14H20N2O. The predicted octanol–water partition coefficient (Wildman–Crippen LogP) is 2.02. The largest absolute Gasteiger partial charge is 0.339 e. The van der Waals surface area contributed by atoms with Gasteiger partial charge in [0.1, 0.15) is 0 Å². The lowest BCUT2D eigenvalue weighted by Crippen LogP contribution is -2.36. The summed E-state index contributed by atoms with van der Waals surface area (Å²) in [7, 11) is 1.89. The Kier molecular flexibility index (Phi) is 3.48. The number of benzene rings is 1. The molecule has 3 heteroatoms. The monoisotopic (exact) mass is 232 g/mol. The first kappa shape index (κ1) is 12.1. The number of amides is 1. The average Bonchev–Trinajstić information content (AvgIpc) is 3.20. The molecule has 0 aromatic heterocycles. The first-order valence-electron chi connectivity index (χ1n) is 6.19. The van der Waals surface area contributed by atoms with E-state index in [0.717, 1.165) is 11.1 Å². The number of nitrogens with zero attached hydrogens (tertiary/aromatic N) is 1. The van der Waals surface area contributed by atoms with Gasteiger partial charge in [-0.1, -0.05) is 12.1 Å². The zero-order valence-electron chi connectivity index (χ0n) is 10.5. The molecule has 0 bridgehead atoms. The molecule has 1 aromatic rings. The molecule has 0 heterocycles. The van der Waals surface area contributed by atoms with Crippen LogP contribution in [0.25, 0.3) is 0 Å². The van der Waals surface area contributed by atoms with Gasteiger partial charge in [-0.15, -0.1) is 0 Å². The maximum Gasteiger partial charge on any atom is 0.253 e. The number of nitrogens with two attached hydrogens (primary N) is 1. The van der Waals surface area contributed by atoms with Gasteiger partial charge in [0.2, 0.25) is 0 Å². The average molecular weight is 232 g/mol. The predicted molar refractivity (Wildman–Crippen MR) is 68.6 cm³/mol. The lowest BCUT2D eigenvalue weighted by molar-refractivity contribution is 0.0727. The van der Waals surface area contributed by atoms with Crippen molar-refractivity contribution in [3.05, 3.63) is 35.4 Å². The molecule has 1 atom stereocenters. The van der Waals surface area contributed by atoms with Crippen LogP contribution in [0.15, 0.2) is 24.3 Å². The van der Waals surface area contributed by atoms with Crippen LogP contribution in [0.2, 0.25) is 0 Å². The summed E-state index contributed by atoms with van der Waals surface area (Å²) < 4.78 is 0. The van der Waals surface area contributed by atoms with E-state index in [1.165, 1.54) is 12.8 Å². The second-order valence-electron chi connectivity index (χ2n) is 4.90. The smallest absolute Gasteiger partial charge is 0.253 e. The Morgan fingerprint density at radius 2 is 2.24 bits per heavy atom. The fourth-order valence-corrected chi connectivity index (χ4v) is 2.11. The Balaban J connectivity index is 2.11. The molecule has 1 aliphatic rings. The van der Waals surface area contributed by atoms with E-state index in [1.54, 1.807) is 0 Å². The van der Waals surface area contributed by atoms with E-state index in [2.05, 4.69) is 6.92 Å². The fourth-order valence-electron chi connectivity index (χ4n) is 2.11. The third-order valence-corrected chi connectivity index (χ3v) is 3.65. The molecular weight excluding hydrogens is 212 g/mol. The highest BCUT2D eigenvalue weighted by Crippen LogP contribution is 2.35. The van der Waals surface area contributed by atoms with E-state index in [1.807, 2.05) is 36.2 Å². The van der Waals surface area contributed by atoms with Crippen LogP contribution in [0, 0.1) is 5.92 Å². The standard InChI is InChI=1S/C14H20N2O/c1-10(12-6-7-12)16(2)14(17)13-5-3-4-11(8-13)9-15/h3-5,8,10,12H,6-7,9,15H2,1-2H3. The van der Waals surface area contributed by atoms with Crippen molar-refractivity contribution in [1.29, 1.82) is 0 Å². The van der Waals surface area contributed by atoms with E-state index >= 15 is 0 Å². The Hall–Kier alpha value is -1.35. The number of carbonyl (C=O) groups is 1. The van der Waals surface area contributed by atoms with Crippen LogP contribution in [0.1, 0.15) is 35.7 Å². The van der Waals surface area contributed by atoms with Crippen LogP contribution in [0.4, 0.5) is 0 Å². The van der Waals surface area contributed by atoms with Gasteiger partial charge in [0.15, 0.2) is 0 Å². The van der Waals surface area contributed by atoms with Crippen molar-refractivity contribution in [3.63, 3.8) is 0 Å². The summed E-state index contributed by atoms with van der Waals surface area (Å²) in [6.07, 6.45) is 2.50. The van der Waals surface area contributed by atoms with Gasteiger partial charge >= 0.3 is 0 Å². The van der Waals surface area contributed by atoms with Gasteiger partial charge in [-0.25, -0.2) is 0 Å². The topological polar surface area (TPSA) is 46.3 Å². The lowest BCUT2D eigenvalue weighted by Gasteiger charge is -2.25. The van der Waals surface area contributed by atoms with Crippen molar-refractivity contribution in [2.75, 3.05) is 7.05 Å². The van der Waals surface area contributed by atoms with Gasteiger partial charge in [0.25, 0.3) is 5.91 Å². The Morgan fingerprint density at radius 3 is 2.82 bits per heavy atom. The SMILES string of the molecule is CC(C1CC1)N(C)C(=O)c1cccc(CN)c1. The summed E-state index contributed by atoms with van der Waals surface area (Å²) in [5.41, 5.74) is 7.33. The highest BCUT2D eigenvalue weighted by molar-refractivity contribution is 5.94. The molecule has 1 saturated carbocycles. The minimum Gasteiger partial charge on any atom is -0.339 e. The van der Waals surface area contributed by atoms with Crippen molar-refractivity contribution in [1.82, 2.24) is 4.90 Å². The minimum absolute atomic E-state index is 0.0969. The molecule has 0 aliphatic heterocycles. The van der Waals surface area contributed by atoms with Crippen LogP contribution in [-0.2, 0) is 6.54 Å². The maximum atomic E-state index is 12.3. The maximum absolute atomic E-state index is 12.3. The molecule has 17 heavy (non-hydrogen) atoms. The summed E-state index contributed by atoms with van der Waals surface area (Å²) in [6.45, 7) is 2.60. The van der Waals surface area contributed by atoms with Gasteiger partial charge in [-0.3, -0.25) is 4.79 Å². The molecule has 1 unspecified atom stereocenters. The molecule has 1 aliphatic carbocycles. The summed E-state index contributed by atoms with van der Waals surface area (Å²) in [5.74, 6) is 0.793. The van der Waals surface area contributed by atoms with Crippen LogP contribution in [0.3, 0.4) is 0 Å². The van der Waals surface area contributed by atoms with E-state index in [9.17, 15) is 4.79 Å². The molecule has 3 nitrogen and oxygen atoms in total. The number of hydrogen-bond donors (Lipinski definition) is 1. The summed E-state index contributed by atoms with van der Waals surface area (Å²) in [4.78, 5) is 14.1.